The number of hydrogen-bond acceptors (Lipinski definition) is 7. The number of benzene rings is 1. The third kappa shape index (κ3) is 7.71. The maximum absolute atomic E-state index is 13.6. The van der Waals surface area contributed by atoms with Crippen molar-refractivity contribution >= 4 is 11.8 Å². The standard InChI is InChI=1S/C25H31F9N4O4/c26-23(27,28)17-2-1-16(18(11-17)37-5-3-22(4-6-37)14-36(15-22)13-19(39)40)12-35-7-9-38(10-8-35)21(41)42-20(24(29,30)31)25(32,33)34/h1-2,11,19-20,39-40H,3-10,12-15H2. The molecule has 1 aromatic rings. The van der Waals surface area contributed by atoms with Crippen molar-refractivity contribution in [2.75, 3.05) is 63.8 Å². The van der Waals surface area contributed by atoms with Crippen LogP contribution in [-0.4, -0.2) is 115 Å². The molecule has 4 rings (SSSR count). The largest absolute Gasteiger partial charge is 0.434 e. The van der Waals surface area contributed by atoms with Crippen LogP contribution in [0.2, 0.25) is 0 Å². The molecule has 3 heterocycles. The second kappa shape index (κ2) is 11.9. The van der Waals surface area contributed by atoms with Gasteiger partial charge in [-0.1, -0.05) is 6.07 Å². The number of aliphatic hydroxyl groups is 2. The number of rotatable bonds is 6. The van der Waals surface area contributed by atoms with E-state index in [9.17, 15) is 44.3 Å². The molecule has 1 aromatic carbocycles. The van der Waals surface area contributed by atoms with Crippen LogP contribution in [0.15, 0.2) is 18.2 Å². The van der Waals surface area contributed by atoms with E-state index in [4.69, 9.17) is 10.2 Å². The fourth-order valence-corrected chi connectivity index (χ4v) is 5.79. The first-order valence-corrected chi connectivity index (χ1v) is 13.2. The third-order valence-corrected chi connectivity index (χ3v) is 7.95. The van der Waals surface area contributed by atoms with Gasteiger partial charge in [-0.2, -0.15) is 39.5 Å². The Morgan fingerprint density at radius 1 is 0.857 bits per heavy atom. The van der Waals surface area contributed by atoms with Gasteiger partial charge < -0.3 is 24.7 Å². The average molecular weight is 623 g/mol. The summed E-state index contributed by atoms with van der Waals surface area (Å²) in [5.41, 5.74) is 0.0595. The maximum atomic E-state index is 13.6. The minimum atomic E-state index is -5.83. The Morgan fingerprint density at radius 2 is 1.43 bits per heavy atom. The summed E-state index contributed by atoms with van der Waals surface area (Å²) in [7, 11) is 0. The SMILES string of the molecule is O=C(OC(C(F)(F)F)C(F)(F)F)N1CCN(Cc2ccc(C(F)(F)F)cc2N2CCC3(CC2)CN(CC(O)O)C3)CC1. The molecule has 17 heteroatoms. The Balaban J connectivity index is 1.39. The third-order valence-electron chi connectivity index (χ3n) is 7.95. The van der Waals surface area contributed by atoms with Crippen LogP contribution >= 0.6 is 0 Å². The highest BCUT2D eigenvalue weighted by Crippen LogP contribution is 2.43. The summed E-state index contributed by atoms with van der Waals surface area (Å²) in [5.74, 6) is 0. The van der Waals surface area contributed by atoms with Crippen LogP contribution in [0, 0.1) is 5.41 Å². The number of likely N-dealkylation sites (tertiary alicyclic amines) is 1. The van der Waals surface area contributed by atoms with Crippen molar-refractivity contribution in [3.8, 4) is 0 Å². The molecule has 3 aliphatic rings. The van der Waals surface area contributed by atoms with Crippen LogP contribution < -0.4 is 4.90 Å². The predicted octanol–water partition coefficient (Wildman–Crippen LogP) is 3.67. The molecular formula is C25H31F9N4O4. The summed E-state index contributed by atoms with van der Waals surface area (Å²) in [6.45, 7) is 2.17. The molecule has 0 aromatic heterocycles. The number of carbonyl (C=O) groups excluding carboxylic acids is 1. The molecule has 8 nitrogen and oxygen atoms in total. The summed E-state index contributed by atoms with van der Waals surface area (Å²) in [6, 6.07) is 3.38. The van der Waals surface area contributed by atoms with E-state index >= 15 is 0 Å². The van der Waals surface area contributed by atoms with Gasteiger partial charge in [0.15, 0.2) is 6.29 Å². The van der Waals surface area contributed by atoms with E-state index in [1.807, 2.05) is 9.80 Å². The van der Waals surface area contributed by atoms with Gasteiger partial charge in [0.25, 0.3) is 6.10 Å². The summed E-state index contributed by atoms with van der Waals surface area (Å²) >= 11 is 0. The number of amides is 1. The normalized spacial score (nSPS) is 20.9. The Kier molecular flexibility index (Phi) is 9.17. The van der Waals surface area contributed by atoms with Gasteiger partial charge in [-0.25, -0.2) is 4.79 Å². The van der Waals surface area contributed by atoms with Crippen molar-refractivity contribution < 1.29 is 59.3 Å². The number of alkyl halides is 9. The molecule has 0 aliphatic carbocycles. The molecule has 1 amide bonds. The lowest BCUT2D eigenvalue weighted by atomic mass is 9.72. The van der Waals surface area contributed by atoms with Crippen LogP contribution in [0.1, 0.15) is 24.0 Å². The fraction of sp³-hybridized carbons (Fsp3) is 0.720. The highest BCUT2D eigenvalue weighted by Gasteiger charge is 2.60. The van der Waals surface area contributed by atoms with E-state index in [2.05, 4.69) is 4.74 Å². The number of piperidine rings is 1. The number of nitrogens with zero attached hydrogens (tertiary/aromatic N) is 4. The van der Waals surface area contributed by atoms with Crippen molar-refractivity contribution in [1.29, 1.82) is 0 Å². The van der Waals surface area contributed by atoms with Crippen LogP contribution in [0.5, 0.6) is 0 Å². The van der Waals surface area contributed by atoms with Gasteiger partial charge in [0, 0.05) is 71.1 Å². The molecule has 3 fully saturated rings. The number of anilines is 1. The molecule has 0 atom stereocenters. The average Bonchev–Trinajstić information content (AvgIpc) is 2.85. The Hall–Kier alpha value is -2.50. The summed E-state index contributed by atoms with van der Waals surface area (Å²) < 4.78 is 121. The monoisotopic (exact) mass is 622 g/mol. The quantitative estimate of drug-likeness (QED) is 0.371. The number of piperazine rings is 1. The summed E-state index contributed by atoms with van der Waals surface area (Å²) in [5, 5.41) is 18.3. The molecule has 0 unspecified atom stereocenters. The zero-order valence-electron chi connectivity index (χ0n) is 22.3. The molecule has 3 saturated heterocycles. The lowest BCUT2D eigenvalue weighted by Crippen LogP contribution is -2.61. The van der Waals surface area contributed by atoms with Crippen LogP contribution in [-0.2, 0) is 17.5 Å². The van der Waals surface area contributed by atoms with Gasteiger partial charge >= 0.3 is 24.6 Å². The molecule has 2 N–H and O–H groups in total. The van der Waals surface area contributed by atoms with Crippen LogP contribution in [0.4, 0.5) is 50.0 Å². The second-order valence-electron chi connectivity index (χ2n) is 11.1. The first kappa shape index (κ1) is 32.4. The molecule has 1 spiro atoms. The highest BCUT2D eigenvalue weighted by molar-refractivity contribution is 5.68. The predicted molar refractivity (Wildman–Crippen MR) is 129 cm³/mol. The van der Waals surface area contributed by atoms with E-state index in [1.165, 1.54) is 6.07 Å². The summed E-state index contributed by atoms with van der Waals surface area (Å²) in [6.07, 6.45) is -22.3. The van der Waals surface area contributed by atoms with E-state index in [0.717, 1.165) is 17.0 Å². The second-order valence-corrected chi connectivity index (χ2v) is 11.1. The fourth-order valence-electron chi connectivity index (χ4n) is 5.79. The summed E-state index contributed by atoms with van der Waals surface area (Å²) in [4.78, 5) is 18.3. The van der Waals surface area contributed by atoms with Gasteiger partial charge in [0.2, 0.25) is 0 Å². The van der Waals surface area contributed by atoms with Crippen molar-refractivity contribution in [1.82, 2.24) is 14.7 Å². The Bertz CT molecular complexity index is 1070. The molecule has 42 heavy (non-hydrogen) atoms. The minimum Gasteiger partial charge on any atom is -0.426 e. The van der Waals surface area contributed by atoms with Gasteiger partial charge in [-0.05, 0) is 36.0 Å². The number of ether oxygens (including phenoxy) is 1. The van der Waals surface area contributed by atoms with Gasteiger partial charge in [0.1, 0.15) is 0 Å². The van der Waals surface area contributed by atoms with E-state index in [0.29, 0.717) is 50.3 Å². The lowest BCUT2D eigenvalue weighted by Gasteiger charge is -2.54. The Labute approximate surface area is 235 Å². The van der Waals surface area contributed by atoms with Crippen molar-refractivity contribution in [2.24, 2.45) is 5.41 Å². The first-order valence-electron chi connectivity index (χ1n) is 13.2. The zero-order valence-corrected chi connectivity index (χ0v) is 22.3. The first-order chi connectivity index (χ1) is 19.4. The Morgan fingerprint density at radius 3 is 1.93 bits per heavy atom. The highest BCUT2D eigenvalue weighted by atomic mass is 19.4. The molecule has 238 valence electrons. The number of hydrogen-bond donors (Lipinski definition) is 2. The zero-order chi connectivity index (χ0) is 31.1. The van der Waals surface area contributed by atoms with E-state index in [1.54, 1.807) is 4.90 Å². The van der Waals surface area contributed by atoms with Gasteiger partial charge in [0.05, 0.1) is 5.56 Å². The number of halogens is 9. The number of carbonyl (C=O) groups is 1. The van der Waals surface area contributed by atoms with E-state index < -0.39 is 42.6 Å². The van der Waals surface area contributed by atoms with Crippen molar-refractivity contribution in [3.63, 3.8) is 0 Å². The topological polar surface area (TPSA) is 79.7 Å². The molecule has 0 bridgehead atoms. The van der Waals surface area contributed by atoms with Gasteiger partial charge in [-0.3, -0.25) is 9.80 Å². The number of aliphatic hydroxyl groups excluding tert-OH is 1. The molecule has 0 radical (unpaired) electrons. The van der Waals surface area contributed by atoms with Crippen LogP contribution in [0.25, 0.3) is 0 Å². The molecule has 0 saturated carbocycles. The number of β-amino-alcohol motifs (C(OH)–C–C–N with tert-alkyl or cyclic N) is 2. The molecular weight excluding hydrogens is 591 g/mol. The van der Waals surface area contributed by atoms with Gasteiger partial charge in [-0.15, -0.1) is 0 Å². The van der Waals surface area contributed by atoms with Crippen LogP contribution in [0.3, 0.4) is 0 Å². The van der Waals surface area contributed by atoms with Crippen molar-refractivity contribution in [2.45, 2.75) is 50.3 Å². The minimum absolute atomic E-state index is 0.0463. The van der Waals surface area contributed by atoms with Crippen molar-refractivity contribution in [3.05, 3.63) is 29.3 Å². The lowest BCUT2D eigenvalue weighted by molar-refractivity contribution is -0.308. The smallest absolute Gasteiger partial charge is 0.426 e. The molecule has 3 aliphatic heterocycles. The maximum Gasteiger partial charge on any atom is 0.434 e. The van der Waals surface area contributed by atoms with E-state index in [-0.39, 0.29) is 44.7 Å².